The second-order valence-electron chi connectivity index (χ2n) is 9.68. The molecule has 0 aromatic heterocycles. The van der Waals surface area contributed by atoms with E-state index < -0.39 is 0 Å². The van der Waals surface area contributed by atoms with E-state index in [1.807, 2.05) is 29.2 Å². The fourth-order valence-corrected chi connectivity index (χ4v) is 5.54. The highest BCUT2D eigenvalue weighted by atomic mass is 16.2. The molecule has 2 aromatic carbocycles. The SMILES string of the molecule is CN1c2cc(C(=O)NC3CCN(Cc4ccccc4)CC3)ccc2C(=O)N2CCCCC[C@H]21. The summed E-state index contributed by atoms with van der Waals surface area (Å²) in [6.45, 7) is 3.75. The molecular formula is C27H34N4O2. The Labute approximate surface area is 196 Å². The summed E-state index contributed by atoms with van der Waals surface area (Å²) < 4.78 is 0. The van der Waals surface area contributed by atoms with Gasteiger partial charge in [-0.1, -0.05) is 36.8 Å². The Balaban J connectivity index is 1.22. The summed E-state index contributed by atoms with van der Waals surface area (Å²) in [6, 6.07) is 16.3. The molecule has 6 nitrogen and oxygen atoms in total. The van der Waals surface area contributed by atoms with Crippen LogP contribution in [0.15, 0.2) is 48.5 Å². The van der Waals surface area contributed by atoms with Crippen LogP contribution in [0, 0.1) is 0 Å². The second kappa shape index (κ2) is 9.56. The molecule has 0 spiro atoms. The van der Waals surface area contributed by atoms with Crippen molar-refractivity contribution in [2.24, 2.45) is 0 Å². The van der Waals surface area contributed by atoms with Crippen molar-refractivity contribution in [3.63, 3.8) is 0 Å². The van der Waals surface area contributed by atoms with E-state index in [0.717, 1.165) is 64.0 Å². The van der Waals surface area contributed by atoms with Crippen molar-refractivity contribution in [2.75, 3.05) is 31.6 Å². The molecule has 1 atom stereocenters. The van der Waals surface area contributed by atoms with Gasteiger partial charge in [0.2, 0.25) is 0 Å². The molecule has 0 radical (unpaired) electrons. The monoisotopic (exact) mass is 446 g/mol. The zero-order valence-corrected chi connectivity index (χ0v) is 19.5. The number of benzene rings is 2. The van der Waals surface area contributed by atoms with Crippen molar-refractivity contribution in [2.45, 2.75) is 57.3 Å². The Kier molecular flexibility index (Phi) is 6.36. The number of piperidine rings is 1. The topological polar surface area (TPSA) is 55.9 Å². The second-order valence-corrected chi connectivity index (χ2v) is 9.68. The van der Waals surface area contributed by atoms with E-state index in [1.54, 1.807) is 0 Å². The molecule has 5 rings (SSSR count). The van der Waals surface area contributed by atoms with Gasteiger partial charge in [0.05, 0.1) is 11.3 Å². The first kappa shape index (κ1) is 22.0. The maximum absolute atomic E-state index is 13.1. The average Bonchev–Trinajstić information content (AvgIpc) is 3.11. The van der Waals surface area contributed by atoms with Crippen LogP contribution in [0.5, 0.6) is 0 Å². The van der Waals surface area contributed by atoms with Crippen molar-refractivity contribution in [1.29, 1.82) is 0 Å². The van der Waals surface area contributed by atoms with Crippen LogP contribution in [-0.4, -0.2) is 60.5 Å². The summed E-state index contributed by atoms with van der Waals surface area (Å²) in [5.41, 5.74) is 3.57. The number of likely N-dealkylation sites (tertiary alicyclic amines) is 1. The predicted molar refractivity (Wildman–Crippen MR) is 130 cm³/mol. The molecule has 1 N–H and O–H groups in total. The third-order valence-electron chi connectivity index (χ3n) is 7.47. The van der Waals surface area contributed by atoms with Gasteiger partial charge >= 0.3 is 0 Å². The van der Waals surface area contributed by atoms with Crippen LogP contribution < -0.4 is 10.2 Å². The molecule has 174 valence electrons. The number of carbonyl (C=O) groups excluding carboxylic acids is 2. The van der Waals surface area contributed by atoms with Crippen molar-refractivity contribution in [3.8, 4) is 0 Å². The van der Waals surface area contributed by atoms with Crippen LogP contribution in [-0.2, 0) is 6.54 Å². The van der Waals surface area contributed by atoms with Gasteiger partial charge in [-0.05, 0) is 55.9 Å². The highest BCUT2D eigenvalue weighted by Crippen LogP contribution is 2.34. The number of anilines is 1. The summed E-state index contributed by atoms with van der Waals surface area (Å²) in [7, 11) is 2.05. The zero-order valence-electron chi connectivity index (χ0n) is 19.5. The Bertz CT molecular complexity index is 1000. The van der Waals surface area contributed by atoms with E-state index in [0.29, 0.717) is 11.1 Å². The van der Waals surface area contributed by atoms with Crippen LogP contribution in [0.2, 0.25) is 0 Å². The Morgan fingerprint density at radius 1 is 0.970 bits per heavy atom. The molecule has 2 fully saturated rings. The van der Waals surface area contributed by atoms with Crippen molar-refractivity contribution in [1.82, 2.24) is 15.1 Å². The molecule has 0 saturated carbocycles. The first-order chi connectivity index (χ1) is 16.1. The highest BCUT2D eigenvalue weighted by molar-refractivity contribution is 6.04. The number of nitrogens with zero attached hydrogens (tertiary/aromatic N) is 3. The average molecular weight is 447 g/mol. The number of hydrogen-bond acceptors (Lipinski definition) is 4. The number of fused-ring (bicyclic) bond motifs is 2. The van der Waals surface area contributed by atoms with E-state index in [2.05, 4.69) is 46.4 Å². The van der Waals surface area contributed by atoms with Gasteiger partial charge in [0.15, 0.2) is 0 Å². The lowest BCUT2D eigenvalue weighted by Crippen LogP contribution is -2.53. The molecule has 6 heteroatoms. The quantitative estimate of drug-likeness (QED) is 0.775. The van der Waals surface area contributed by atoms with E-state index in [-0.39, 0.29) is 24.0 Å². The summed E-state index contributed by atoms with van der Waals surface area (Å²) in [5.74, 6) is 0.0659. The number of carbonyl (C=O) groups is 2. The largest absolute Gasteiger partial charge is 0.354 e. The first-order valence-electron chi connectivity index (χ1n) is 12.3. The molecule has 0 aliphatic carbocycles. The third kappa shape index (κ3) is 4.62. The van der Waals surface area contributed by atoms with Crippen LogP contribution in [0.1, 0.15) is 64.8 Å². The lowest BCUT2D eigenvalue weighted by Gasteiger charge is -2.43. The van der Waals surface area contributed by atoms with Crippen molar-refractivity contribution < 1.29 is 9.59 Å². The zero-order chi connectivity index (χ0) is 22.8. The molecule has 3 heterocycles. The lowest BCUT2D eigenvalue weighted by molar-refractivity contribution is 0.0661. The van der Waals surface area contributed by atoms with E-state index in [4.69, 9.17) is 0 Å². The van der Waals surface area contributed by atoms with Crippen molar-refractivity contribution in [3.05, 3.63) is 65.2 Å². The predicted octanol–water partition coefficient (Wildman–Crippen LogP) is 3.87. The van der Waals surface area contributed by atoms with Gasteiger partial charge in [-0.25, -0.2) is 0 Å². The molecule has 33 heavy (non-hydrogen) atoms. The molecule has 0 unspecified atom stereocenters. The smallest absolute Gasteiger partial charge is 0.257 e. The van der Waals surface area contributed by atoms with Gasteiger partial charge in [0, 0.05) is 44.8 Å². The molecule has 3 aliphatic heterocycles. The Morgan fingerprint density at radius 3 is 2.55 bits per heavy atom. The molecule has 0 bridgehead atoms. The van der Waals surface area contributed by atoms with Crippen LogP contribution >= 0.6 is 0 Å². The van der Waals surface area contributed by atoms with Crippen molar-refractivity contribution >= 4 is 17.5 Å². The minimum atomic E-state index is -0.0385. The maximum atomic E-state index is 13.1. The minimum absolute atomic E-state index is 0.0385. The third-order valence-corrected chi connectivity index (χ3v) is 7.47. The standard InChI is InChI=1S/C27H34N4O2/c1-29-24-18-21(11-12-23(24)27(33)31-15-7-3-6-10-25(29)31)26(32)28-22-13-16-30(17-14-22)19-20-8-4-2-5-9-20/h2,4-5,8-9,11-12,18,22,25H,3,6-7,10,13-17,19H2,1H3,(H,28,32)/t25-/m0/s1. The maximum Gasteiger partial charge on any atom is 0.257 e. The van der Waals surface area contributed by atoms with Gasteiger partial charge < -0.3 is 15.1 Å². The fraction of sp³-hybridized carbons (Fsp3) is 0.481. The van der Waals surface area contributed by atoms with E-state index in [9.17, 15) is 9.59 Å². The summed E-state index contributed by atoms with van der Waals surface area (Å²) >= 11 is 0. The van der Waals surface area contributed by atoms with Gasteiger partial charge in [0.1, 0.15) is 6.17 Å². The highest BCUT2D eigenvalue weighted by Gasteiger charge is 2.36. The molecule has 2 amide bonds. The molecular weight excluding hydrogens is 412 g/mol. The van der Waals surface area contributed by atoms with E-state index in [1.165, 1.54) is 12.0 Å². The lowest BCUT2D eigenvalue weighted by atomic mass is 10.0. The van der Waals surface area contributed by atoms with Gasteiger partial charge in [0.25, 0.3) is 11.8 Å². The van der Waals surface area contributed by atoms with Gasteiger partial charge in [-0.15, -0.1) is 0 Å². The number of nitrogens with one attached hydrogen (secondary N) is 1. The van der Waals surface area contributed by atoms with Crippen LogP contribution in [0.4, 0.5) is 5.69 Å². The van der Waals surface area contributed by atoms with Gasteiger partial charge in [-0.2, -0.15) is 0 Å². The molecule has 2 saturated heterocycles. The molecule has 3 aliphatic rings. The fourth-order valence-electron chi connectivity index (χ4n) is 5.54. The Morgan fingerprint density at radius 2 is 1.76 bits per heavy atom. The van der Waals surface area contributed by atoms with Crippen LogP contribution in [0.3, 0.4) is 0 Å². The number of amides is 2. The van der Waals surface area contributed by atoms with Gasteiger partial charge in [-0.3, -0.25) is 14.5 Å². The normalized spacial score (nSPS) is 21.8. The van der Waals surface area contributed by atoms with E-state index >= 15 is 0 Å². The number of hydrogen-bond donors (Lipinski definition) is 1. The van der Waals surface area contributed by atoms with Crippen LogP contribution in [0.25, 0.3) is 0 Å². The number of rotatable bonds is 4. The first-order valence-corrected chi connectivity index (χ1v) is 12.3. The molecule has 2 aromatic rings. The summed E-state index contributed by atoms with van der Waals surface area (Å²) in [5, 5.41) is 3.24. The minimum Gasteiger partial charge on any atom is -0.354 e. The summed E-state index contributed by atoms with van der Waals surface area (Å²) in [4.78, 5) is 32.8. The Hall–Kier alpha value is -2.86. The summed E-state index contributed by atoms with van der Waals surface area (Å²) in [6.07, 6.45) is 6.37.